The minimum atomic E-state index is 0.608. The van der Waals surface area contributed by atoms with Crippen molar-refractivity contribution in [1.29, 1.82) is 0 Å². The number of anilines is 1. The minimum Gasteiger partial charge on any atom is -0.354 e. The molecule has 2 aromatic rings. The number of aryl methyl sites for hydroxylation is 1. The van der Waals surface area contributed by atoms with Crippen molar-refractivity contribution in [3.8, 4) is 0 Å². The molecule has 0 aliphatic carbocycles. The molecular weight excluding hydrogens is 236 g/mol. The average molecular weight is 252 g/mol. The predicted molar refractivity (Wildman–Crippen MR) is 66.8 cm³/mol. The summed E-state index contributed by atoms with van der Waals surface area (Å²) in [5, 5.41) is 21.1. The van der Waals surface area contributed by atoms with Gasteiger partial charge in [-0.1, -0.05) is 30.4 Å². The fourth-order valence-electron chi connectivity index (χ4n) is 1.39. The van der Waals surface area contributed by atoms with Crippen LogP contribution in [0.5, 0.6) is 0 Å². The Morgan fingerprint density at radius 1 is 1.41 bits per heavy atom. The molecule has 6 nitrogen and oxygen atoms in total. The zero-order chi connectivity index (χ0) is 12.3. The van der Waals surface area contributed by atoms with Gasteiger partial charge in [0.25, 0.3) is 0 Å². The van der Waals surface area contributed by atoms with Crippen molar-refractivity contribution < 1.29 is 0 Å². The Bertz CT molecular complexity index is 475. The summed E-state index contributed by atoms with van der Waals surface area (Å²) in [6.45, 7) is 5.02. The van der Waals surface area contributed by atoms with Gasteiger partial charge in [0.15, 0.2) is 0 Å². The first-order chi connectivity index (χ1) is 8.15. The van der Waals surface area contributed by atoms with Crippen molar-refractivity contribution >= 4 is 16.5 Å². The molecule has 0 radical (unpaired) electrons. The standard InChI is InChI=1S/C10H16N6S/c1-7(2)4-9-13-14-10(17-9)11-5-8-6-12-15-16(8)3/h6-7H,4-5H2,1-3H3,(H,11,14). The van der Waals surface area contributed by atoms with Gasteiger partial charge in [-0.25, -0.2) is 0 Å². The monoisotopic (exact) mass is 252 g/mol. The van der Waals surface area contributed by atoms with Crippen molar-refractivity contribution in [1.82, 2.24) is 25.2 Å². The van der Waals surface area contributed by atoms with E-state index in [-0.39, 0.29) is 0 Å². The molecule has 0 bridgehead atoms. The molecule has 0 amide bonds. The number of aromatic nitrogens is 5. The van der Waals surface area contributed by atoms with Crippen LogP contribution in [-0.4, -0.2) is 25.2 Å². The Labute approximate surface area is 104 Å². The molecule has 0 unspecified atom stereocenters. The third kappa shape index (κ3) is 3.23. The minimum absolute atomic E-state index is 0.608. The van der Waals surface area contributed by atoms with Gasteiger partial charge >= 0.3 is 0 Å². The first kappa shape index (κ1) is 12.0. The molecular formula is C10H16N6S. The topological polar surface area (TPSA) is 68.5 Å². The van der Waals surface area contributed by atoms with Crippen LogP contribution in [0.2, 0.25) is 0 Å². The number of hydrogen-bond acceptors (Lipinski definition) is 6. The lowest BCUT2D eigenvalue weighted by atomic mass is 10.1. The lowest BCUT2D eigenvalue weighted by molar-refractivity contribution is 0.640. The van der Waals surface area contributed by atoms with Gasteiger partial charge in [-0.05, 0) is 5.92 Å². The Morgan fingerprint density at radius 2 is 2.24 bits per heavy atom. The zero-order valence-electron chi connectivity index (χ0n) is 10.2. The molecule has 92 valence electrons. The molecule has 7 heteroatoms. The highest BCUT2D eigenvalue weighted by Crippen LogP contribution is 2.18. The molecule has 0 fully saturated rings. The van der Waals surface area contributed by atoms with Crippen LogP contribution in [0.1, 0.15) is 24.5 Å². The van der Waals surface area contributed by atoms with E-state index in [1.807, 2.05) is 7.05 Å². The van der Waals surface area contributed by atoms with E-state index in [9.17, 15) is 0 Å². The predicted octanol–water partition coefficient (Wildman–Crippen LogP) is 1.48. The van der Waals surface area contributed by atoms with E-state index in [1.54, 1.807) is 22.2 Å². The van der Waals surface area contributed by atoms with Crippen molar-refractivity contribution in [3.63, 3.8) is 0 Å². The molecule has 0 saturated carbocycles. The first-order valence-electron chi connectivity index (χ1n) is 5.55. The van der Waals surface area contributed by atoms with Crippen LogP contribution in [0.15, 0.2) is 6.20 Å². The third-order valence-corrected chi connectivity index (χ3v) is 3.18. The molecule has 2 rings (SSSR count). The summed E-state index contributed by atoms with van der Waals surface area (Å²) >= 11 is 1.61. The molecule has 0 saturated heterocycles. The number of nitrogens with one attached hydrogen (secondary N) is 1. The maximum absolute atomic E-state index is 4.15. The smallest absolute Gasteiger partial charge is 0.205 e. The van der Waals surface area contributed by atoms with Crippen LogP contribution in [0, 0.1) is 5.92 Å². The molecule has 17 heavy (non-hydrogen) atoms. The van der Waals surface area contributed by atoms with E-state index in [1.165, 1.54) is 0 Å². The van der Waals surface area contributed by atoms with Gasteiger partial charge in [0.05, 0.1) is 18.4 Å². The SMILES string of the molecule is CC(C)Cc1nnc(NCc2cnnn2C)s1. The number of rotatable bonds is 5. The second kappa shape index (κ2) is 5.22. The van der Waals surface area contributed by atoms with Crippen LogP contribution in [-0.2, 0) is 20.0 Å². The van der Waals surface area contributed by atoms with Crippen LogP contribution < -0.4 is 5.32 Å². The summed E-state index contributed by atoms with van der Waals surface area (Å²) in [7, 11) is 1.87. The average Bonchev–Trinajstić information content (AvgIpc) is 2.84. The van der Waals surface area contributed by atoms with Crippen molar-refractivity contribution in [2.45, 2.75) is 26.8 Å². The lowest BCUT2D eigenvalue weighted by Gasteiger charge is -2.00. The lowest BCUT2D eigenvalue weighted by Crippen LogP contribution is -2.05. The van der Waals surface area contributed by atoms with Crippen molar-refractivity contribution in [3.05, 3.63) is 16.9 Å². The van der Waals surface area contributed by atoms with Crippen LogP contribution in [0.25, 0.3) is 0 Å². The molecule has 0 aromatic carbocycles. The van der Waals surface area contributed by atoms with Gasteiger partial charge in [-0.15, -0.1) is 15.3 Å². The van der Waals surface area contributed by atoms with E-state index in [4.69, 9.17) is 0 Å². The molecule has 0 aliphatic rings. The summed E-state index contributed by atoms with van der Waals surface area (Å²) in [4.78, 5) is 0. The summed E-state index contributed by atoms with van der Waals surface area (Å²) in [6.07, 6.45) is 2.72. The maximum atomic E-state index is 4.15. The van der Waals surface area contributed by atoms with Gasteiger partial charge in [-0.2, -0.15) is 0 Å². The Balaban J connectivity index is 1.91. The molecule has 0 atom stereocenters. The molecule has 1 N–H and O–H groups in total. The van der Waals surface area contributed by atoms with E-state index in [2.05, 4.69) is 39.7 Å². The van der Waals surface area contributed by atoms with Gasteiger partial charge in [-0.3, -0.25) is 4.68 Å². The zero-order valence-corrected chi connectivity index (χ0v) is 11.0. The third-order valence-electron chi connectivity index (χ3n) is 2.28. The van der Waals surface area contributed by atoms with E-state index in [0.717, 1.165) is 22.3 Å². The number of hydrogen-bond donors (Lipinski definition) is 1. The fourth-order valence-corrected chi connectivity index (χ4v) is 2.34. The van der Waals surface area contributed by atoms with Crippen molar-refractivity contribution in [2.24, 2.45) is 13.0 Å². The molecule has 0 spiro atoms. The summed E-state index contributed by atoms with van der Waals surface area (Å²) in [5.74, 6) is 0.608. The Hall–Kier alpha value is -1.50. The first-order valence-corrected chi connectivity index (χ1v) is 6.36. The normalized spacial score (nSPS) is 11.1. The summed E-state index contributed by atoms with van der Waals surface area (Å²) < 4.78 is 1.74. The number of nitrogens with zero attached hydrogens (tertiary/aromatic N) is 5. The molecule has 2 heterocycles. The Morgan fingerprint density at radius 3 is 2.88 bits per heavy atom. The van der Waals surface area contributed by atoms with Gasteiger partial charge in [0.2, 0.25) is 5.13 Å². The highest BCUT2D eigenvalue weighted by atomic mass is 32.1. The Kier molecular flexibility index (Phi) is 3.68. The largest absolute Gasteiger partial charge is 0.354 e. The van der Waals surface area contributed by atoms with Crippen molar-refractivity contribution in [2.75, 3.05) is 5.32 Å². The maximum Gasteiger partial charge on any atom is 0.205 e. The van der Waals surface area contributed by atoms with Crippen LogP contribution in [0.4, 0.5) is 5.13 Å². The quantitative estimate of drug-likeness (QED) is 0.873. The van der Waals surface area contributed by atoms with Gasteiger partial charge in [0, 0.05) is 13.5 Å². The van der Waals surface area contributed by atoms with E-state index in [0.29, 0.717) is 12.5 Å². The van der Waals surface area contributed by atoms with Crippen LogP contribution >= 0.6 is 11.3 Å². The second-order valence-corrected chi connectivity index (χ2v) is 5.36. The van der Waals surface area contributed by atoms with E-state index >= 15 is 0 Å². The second-order valence-electron chi connectivity index (χ2n) is 4.30. The van der Waals surface area contributed by atoms with Gasteiger partial charge in [0.1, 0.15) is 5.01 Å². The highest BCUT2D eigenvalue weighted by Gasteiger charge is 2.06. The summed E-state index contributed by atoms with van der Waals surface area (Å²) in [6, 6.07) is 0. The highest BCUT2D eigenvalue weighted by molar-refractivity contribution is 7.15. The molecule has 0 aliphatic heterocycles. The van der Waals surface area contributed by atoms with E-state index < -0.39 is 0 Å². The van der Waals surface area contributed by atoms with Gasteiger partial charge < -0.3 is 5.32 Å². The molecule has 2 aromatic heterocycles. The van der Waals surface area contributed by atoms with Crippen LogP contribution in [0.3, 0.4) is 0 Å². The summed E-state index contributed by atoms with van der Waals surface area (Å²) in [5.41, 5.74) is 1.02. The fraction of sp³-hybridized carbons (Fsp3) is 0.600.